The van der Waals surface area contributed by atoms with Crippen molar-refractivity contribution in [1.82, 2.24) is 15.5 Å². The molecule has 1 unspecified atom stereocenters. The van der Waals surface area contributed by atoms with Crippen LogP contribution in [0, 0.1) is 0 Å². The molecule has 1 aromatic rings. The Kier molecular flexibility index (Phi) is 8.90. The summed E-state index contributed by atoms with van der Waals surface area (Å²) in [7, 11) is 1.75. The smallest absolute Gasteiger partial charge is 0.224 e. The van der Waals surface area contributed by atoms with Gasteiger partial charge in [-0.2, -0.15) is 0 Å². The van der Waals surface area contributed by atoms with Crippen molar-refractivity contribution in [2.24, 2.45) is 4.99 Å². The van der Waals surface area contributed by atoms with Crippen molar-refractivity contribution in [3.05, 3.63) is 21.9 Å². The number of hydrogen-bond acceptors (Lipinski definition) is 3. The van der Waals surface area contributed by atoms with Gasteiger partial charge in [-0.1, -0.05) is 6.92 Å². The Balaban J connectivity index is 0.00000264. The van der Waals surface area contributed by atoms with Gasteiger partial charge in [0, 0.05) is 44.0 Å². The third-order valence-corrected chi connectivity index (χ3v) is 5.03. The Morgan fingerprint density at radius 1 is 1.52 bits per heavy atom. The molecule has 1 amide bonds. The highest BCUT2D eigenvalue weighted by atomic mass is 127. The van der Waals surface area contributed by atoms with Gasteiger partial charge in [0.05, 0.1) is 0 Å². The quantitative estimate of drug-likeness (QED) is 0.412. The summed E-state index contributed by atoms with van der Waals surface area (Å²) in [5.74, 6) is 0.976. The summed E-state index contributed by atoms with van der Waals surface area (Å²) in [4.78, 5) is 19.9. The first-order chi connectivity index (χ1) is 10.6. The van der Waals surface area contributed by atoms with Gasteiger partial charge in [-0.25, -0.2) is 0 Å². The van der Waals surface area contributed by atoms with Crippen LogP contribution in [0.15, 0.2) is 16.4 Å². The Morgan fingerprint density at radius 3 is 3.00 bits per heavy atom. The van der Waals surface area contributed by atoms with E-state index >= 15 is 0 Å². The molecule has 0 spiro atoms. The van der Waals surface area contributed by atoms with Crippen molar-refractivity contribution in [3.8, 4) is 0 Å². The first-order valence-corrected chi connectivity index (χ1v) is 8.82. The van der Waals surface area contributed by atoms with Crippen molar-refractivity contribution in [2.75, 3.05) is 20.1 Å². The number of aliphatic imine (C=N–C) groups is 1. The van der Waals surface area contributed by atoms with Crippen LogP contribution in [0.1, 0.15) is 37.1 Å². The minimum absolute atomic E-state index is 0. The zero-order chi connectivity index (χ0) is 15.9. The van der Waals surface area contributed by atoms with Crippen LogP contribution in [0.4, 0.5) is 0 Å². The summed E-state index contributed by atoms with van der Waals surface area (Å²) in [6.45, 7) is 6.46. The summed E-state index contributed by atoms with van der Waals surface area (Å²) >= 11 is 1.80. The molecule has 0 radical (unpaired) electrons. The van der Waals surface area contributed by atoms with Crippen LogP contribution in [-0.4, -0.2) is 42.9 Å². The number of amides is 1. The van der Waals surface area contributed by atoms with E-state index in [0.717, 1.165) is 31.9 Å². The Morgan fingerprint density at radius 2 is 2.30 bits per heavy atom. The normalized spacial score (nSPS) is 15.4. The number of hydrogen-bond donors (Lipinski definition) is 2. The van der Waals surface area contributed by atoms with E-state index < -0.39 is 0 Å². The van der Waals surface area contributed by atoms with Crippen LogP contribution < -0.4 is 10.6 Å². The highest BCUT2D eigenvalue weighted by Crippen LogP contribution is 2.24. The lowest BCUT2D eigenvalue weighted by molar-refractivity contribution is -0.131. The minimum Gasteiger partial charge on any atom is -0.356 e. The number of carbonyl (C=O) groups is 1. The molecule has 0 saturated carbocycles. The van der Waals surface area contributed by atoms with Gasteiger partial charge >= 0.3 is 0 Å². The fourth-order valence-corrected chi connectivity index (χ4v) is 3.33. The molecule has 0 aromatic carbocycles. The highest BCUT2D eigenvalue weighted by Gasteiger charge is 2.20. The van der Waals surface area contributed by atoms with E-state index in [-0.39, 0.29) is 29.9 Å². The van der Waals surface area contributed by atoms with Crippen LogP contribution in [0.3, 0.4) is 0 Å². The molecule has 1 aliphatic rings. The third-order valence-electron chi connectivity index (χ3n) is 4.01. The maximum absolute atomic E-state index is 12.3. The van der Waals surface area contributed by atoms with Crippen molar-refractivity contribution in [3.63, 3.8) is 0 Å². The first-order valence-electron chi connectivity index (χ1n) is 7.94. The van der Waals surface area contributed by atoms with Gasteiger partial charge in [0.1, 0.15) is 0 Å². The molecular weight excluding hydrogens is 423 g/mol. The molecule has 7 heteroatoms. The Labute approximate surface area is 160 Å². The van der Waals surface area contributed by atoms with Gasteiger partial charge in [0.2, 0.25) is 5.91 Å². The Hall–Kier alpha value is -0.830. The molecule has 2 heterocycles. The molecule has 0 bridgehead atoms. The second-order valence-electron chi connectivity index (χ2n) is 5.64. The number of guanidine groups is 1. The summed E-state index contributed by atoms with van der Waals surface area (Å²) < 4.78 is 0. The van der Waals surface area contributed by atoms with E-state index in [1.54, 1.807) is 18.4 Å². The predicted molar refractivity (Wildman–Crippen MR) is 108 cm³/mol. The van der Waals surface area contributed by atoms with Crippen molar-refractivity contribution in [2.45, 2.75) is 45.7 Å². The number of nitrogens with zero attached hydrogens (tertiary/aromatic N) is 2. The summed E-state index contributed by atoms with van der Waals surface area (Å²) in [5, 5.41) is 8.62. The molecular formula is C16H27IN4OS. The monoisotopic (exact) mass is 450 g/mol. The second kappa shape index (κ2) is 10.1. The number of thiophene rings is 1. The van der Waals surface area contributed by atoms with Gasteiger partial charge in [-0.05, 0) is 36.8 Å². The fraction of sp³-hybridized carbons (Fsp3) is 0.625. The van der Waals surface area contributed by atoms with E-state index in [1.807, 2.05) is 4.90 Å². The molecule has 5 nitrogen and oxygen atoms in total. The van der Waals surface area contributed by atoms with Gasteiger partial charge in [-0.3, -0.25) is 9.79 Å². The number of halogens is 1. The molecule has 130 valence electrons. The van der Waals surface area contributed by atoms with E-state index in [0.29, 0.717) is 19.0 Å². The zero-order valence-electron chi connectivity index (χ0n) is 14.1. The first kappa shape index (κ1) is 20.2. The lowest BCUT2D eigenvalue weighted by atomic mass is 10.1. The number of fused-ring (bicyclic) bond motifs is 1. The average Bonchev–Trinajstić information content (AvgIpc) is 3.00. The summed E-state index contributed by atoms with van der Waals surface area (Å²) in [6.07, 6.45) is 2.53. The lowest BCUT2D eigenvalue weighted by Gasteiger charge is -2.27. The van der Waals surface area contributed by atoms with Crippen LogP contribution in [0.25, 0.3) is 0 Å². The SMILES string of the molecule is CCC(C)NC(=NC)NCCC(=O)N1CCc2sccc2C1.I. The second-order valence-corrected chi connectivity index (χ2v) is 6.64. The van der Waals surface area contributed by atoms with Crippen molar-refractivity contribution >= 4 is 47.2 Å². The molecule has 2 N–H and O–H groups in total. The van der Waals surface area contributed by atoms with E-state index in [2.05, 4.69) is 40.9 Å². The van der Waals surface area contributed by atoms with E-state index in [1.165, 1.54) is 10.4 Å². The maximum atomic E-state index is 12.3. The lowest BCUT2D eigenvalue weighted by Crippen LogP contribution is -2.43. The van der Waals surface area contributed by atoms with Gasteiger partial charge in [-0.15, -0.1) is 35.3 Å². The largest absolute Gasteiger partial charge is 0.356 e. The standard InChI is InChI=1S/C16H26N4OS.HI/c1-4-12(2)19-16(17-3)18-8-5-15(21)20-9-6-14-13(11-20)7-10-22-14;/h7,10,12H,4-6,8-9,11H2,1-3H3,(H2,17,18,19);1H. The number of nitrogens with one attached hydrogen (secondary N) is 2. The van der Waals surface area contributed by atoms with Gasteiger partial charge in [0.25, 0.3) is 0 Å². The van der Waals surface area contributed by atoms with Gasteiger partial charge < -0.3 is 15.5 Å². The predicted octanol–water partition coefficient (Wildman–Crippen LogP) is 2.60. The van der Waals surface area contributed by atoms with Crippen LogP contribution in [0.2, 0.25) is 0 Å². The minimum atomic E-state index is 0. The average molecular weight is 450 g/mol. The molecule has 1 atom stereocenters. The third kappa shape index (κ3) is 5.95. The molecule has 1 aliphatic heterocycles. The van der Waals surface area contributed by atoms with Crippen molar-refractivity contribution in [1.29, 1.82) is 0 Å². The number of rotatable bonds is 5. The highest BCUT2D eigenvalue weighted by molar-refractivity contribution is 14.0. The molecule has 23 heavy (non-hydrogen) atoms. The molecule has 0 fully saturated rings. The fourth-order valence-electron chi connectivity index (χ4n) is 2.44. The Bertz CT molecular complexity index is 532. The van der Waals surface area contributed by atoms with Crippen LogP contribution in [-0.2, 0) is 17.8 Å². The summed E-state index contributed by atoms with van der Waals surface area (Å²) in [5.41, 5.74) is 1.31. The molecule has 0 saturated heterocycles. The number of carbonyl (C=O) groups excluding carboxylic acids is 1. The van der Waals surface area contributed by atoms with Gasteiger partial charge in [0.15, 0.2) is 5.96 Å². The van der Waals surface area contributed by atoms with Crippen LogP contribution in [0.5, 0.6) is 0 Å². The molecule has 0 aliphatic carbocycles. The maximum Gasteiger partial charge on any atom is 0.224 e. The van der Waals surface area contributed by atoms with Crippen molar-refractivity contribution < 1.29 is 4.79 Å². The van der Waals surface area contributed by atoms with Crippen LogP contribution >= 0.6 is 35.3 Å². The topological polar surface area (TPSA) is 56.7 Å². The zero-order valence-corrected chi connectivity index (χ0v) is 17.2. The summed E-state index contributed by atoms with van der Waals surface area (Å²) in [6, 6.07) is 2.51. The molecule has 2 rings (SSSR count). The van der Waals surface area contributed by atoms with E-state index in [4.69, 9.17) is 0 Å². The van der Waals surface area contributed by atoms with E-state index in [9.17, 15) is 4.79 Å². The molecule has 1 aromatic heterocycles.